The van der Waals surface area contributed by atoms with E-state index >= 15 is 0 Å². The van der Waals surface area contributed by atoms with Crippen LogP contribution in [0.1, 0.15) is 11.1 Å². The standard InChI is InChI=1S/C20H21N3O7S/c1-28-16-8-7-14(9-17(16)29-2)11-22-19(24)13-30-20(25)12-23-31(26,27)18-6-4-3-5-15(18)10-21/h3-9,23H,11-13H2,1-2H3,(H,22,24). The maximum Gasteiger partial charge on any atom is 0.321 e. The molecular formula is C20H21N3O7S. The molecule has 0 heterocycles. The quantitative estimate of drug-likeness (QED) is 0.507. The first-order valence-electron chi connectivity index (χ1n) is 8.92. The molecule has 2 aromatic carbocycles. The van der Waals surface area contributed by atoms with Crippen molar-refractivity contribution in [1.82, 2.24) is 10.0 Å². The van der Waals surface area contributed by atoms with Crippen molar-refractivity contribution in [2.45, 2.75) is 11.4 Å². The van der Waals surface area contributed by atoms with E-state index in [1.807, 2.05) is 4.72 Å². The number of nitrogens with zero attached hydrogens (tertiary/aromatic N) is 1. The number of benzene rings is 2. The molecule has 0 saturated heterocycles. The van der Waals surface area contributed by atoms with E-state index in [4.69, 9.17) is 19.5 Å². The molecule has 2 aromatic rings. The topological polar surface area (TPSA) is 144 Å². The molecule has 2 N–H and O–H groups in total. The van der Waals surface area contributed by atoms with E-state index in [1.165, 1.54) is 38.5 Å². The summed E-state index contributed by atoms with van der Waals surface area (Å²) in [6, 6.07) is 12.5. The van der Waals surface area contributed by atoms with Crippen LogP contribution in [0.5, 0.6) is 11.5 Å². The number of amides is 1. The molecule has 0 bridgehead atoms. The van der Waals surface area contributed by atoms with Crippen LogP contribution < -0.4 is 19.5 Å². The van der Waals surface area contributed by atoms with Crippen molar-refractivity contribution in [2.75, 3.05) is 27.4 Å². The zero-order valence-corrected chi connectivity index (χ0v) is 17.7. The number of methoxy groups -OCH3 is 2. The summed E-state index contributed by atoms with van der Waals surface area (Å²) in [5.41, 5.74) is 0.680. The second-order valence-corrected chi connectivity index (χ2v) is 7.79. The van der Waals surface area contributed by atoms with E-state index in [1.54, 1.807) is 24.3 Å². The van der Waals surface area contributed by atoms with Gasteiger partial charge in [0.05, 0.1) is 24.7 Å². The molecule has 0 unspecified atom stereocenters. The SMILES string of the molecule is COc1ccc(CNC(=O)COC(=O)CNS(=O)(=O)c2ccccc2C#N)cc1OC. The Kier molecular flexibility index (Phi) is 8.36. The lowest BCUT2D eigenvalue weighted by molar-refractivity contribution is -0.147. The van der Waals surface area contributed by atoms with Crippen molar-refractivity contribution in [1.29, 1.82) is 5.26 Å². The highest BCUT2D eigenvalue weighted by Gasteiger charge is 2.20. The molecule has 2 rings (SSSR count). The highest BCUT2D eigenvalue weighted by Crippen LogP contribution is 2.27. The lowest BCUT2D eigenvalue weighted by Crippen LogP contribution is -2.34. The van der Waals surface area contributed by atoms with Gasteiger partial charge < -0.3 is 19.5 Å². The van der Waals surface area contributed by atoms with E-state index in [2.05, 4.69) is 5.32 Å². The van der Waals surface area contributed by atoms with Crippen LogP contribution in [0.15, 0.2) is 47.4 Å². The lowest BCUT2D eigenvalue weighted by Gasteiger charge is -2.11. The van der Waals surface area contributed by atoms with Gasteiger partial charge in [-0.05, 0) is 29.8 Å². The first kappa shape index (κ1) is 23.7. The highest BCUT2D eigenvalue weighted by molar-refractivity contribution is 7.89. The molecule has 0 aliphatic rings. The Labute approximate surface area is 179 Å². The molecule has 164 valence electrons. The van der Waals surface area contributed by atoms with Gasteiger partial charge in [0, 0.05) is 6.54 Å². The lowest BCUT2D eigenvalue weighted by atomic mass is 10.2. The monoisotopic (exact) mass is 447 g/mol. The number of hydrogen-bond donors (Lipinski definition) is 2. The van der Waals surface area contributed by atoms with Gasteiger partial charge in [-0.1, -0.05) is 18.2 Å². The molecule has 0 radical (unpaired) electrons. The number of hydrogen-bond acceptors (Lipinski definition) is 8. The summed E-state index contributed by atoms with van der Waals surface area (Å²) in [5, 5.41) is 11.6. The van der Waals surface area contributed by atoms with Gasteiger partial charge in [0.15, 0.2) is 18.1 Å². The van der Waals surface area contributed by atoms with Crippen LogP contribution in [0.3, 0.4) is 0 Å². The van der Waals surface area contributed by atoms with Crippen LogP contribution in [-0.4, -0.2) is 47.7 Å². The van der Waals surface area contributed by atoms with Crippen molar-refractivity contribution < 1.29 is 32.2 Å². The fourth-order valence-corrected chi connectivity index (χ4v) is 3.59. The minimum Gasteiger partial charge on any atom is -0.493 e. The summed E-state index contributed by atoms with van der Waals surface area (Å²) in [4.78, 5) is 23.4. The molecule has 0 aliphatic carbocycles. The van der Waals surface area contributed by atoms with Gasteiger partial charge in [-0.25, -0.2) is 8.42 Å². The molecule has 31 heavy (non-hydrogen) atoms. The largest absolute Gasteiger partial charge is 0.493 e. The van der Waals surface area contributed by atoms with Gasteiger partial charge in [-0.2, -0.15) is 9.98 Å². The van der Waals surface area contributed by atoms with Crippen molar-refractivity contribution in [2.24, 2.45) is 0 Å². The second-order valence-electron chi connectivity index (χ2n) is 6.06. The first-order chi connectivity index (χ1) is 14.8. The number of ether oxygens (including phenoxy) is 3. The van der Waals surface area contributed by atoms with Gasteiger partial charge in [0.1, 0.15) is 12.6 Å². The van der Waals surface area contributed by atoms with Crippen LogP contribution in [0.4, 0.5) is 0 Å². The Morgan fingerprint density at radius 3 is 2.45 bits per heavy atom. The summed E-state index contributed by atoms with van der Waals surface area (Å²) in [6.45, 7) is -1.11. The van der Waals surface area contributed by atoms with Crippen LogP contribution in [0, 0.1) is 11.3 Å². The van der Waals surface area contributed by atoms with Crippen molar-refractivity contribution in [3.05, 3.63) is 53.6 Å². The number of carbonyl (C=O) groups is 2. The Hall–Kier alpha value is -3.62. The van der Waals surface area contributed by atoms with E-state index < -0.39 is 35.1 Å². The van der Waals surface area contributed by atoms with Crippen molar-refractivity contribution >= 4 is 21.9 Å². The zero-order chi connectivity index (χ0) is 22.9. The number of nitriles is 1. The van der Waals surface area contributed by atoms with Crippen LogP contribution in [0.25, 0.3) is 0 Å². The number of sulfonamides is 1. The summed E-state index contributed by atoms with van der Waals surface area (Å²) >= 11 is 0. The Morgan fingerprint density at radius 2 is 1.77 bits per heavy atom. The van der Waals surface area contributed by atoms with Crippen molar-refractivity contribution in [3.63, 3.8) is 0 Å². The maximum absolute atomic E-state index is 12.2. The smallest absolute Gasteiger partial charge is 0.321 e. The third kappa shape index (κ3) is 6.70. The fraction of sp³-hybridized carbons (Fsp3) is 0.250. The summed E-state index contributed by atoms with van der Waals surface area (Å²) in [5.74, 6) is -0.461. The predicted molar refractivity (Wildman–Crippen MR) is 109 cm³/mol. The van der Waals surface area contributed by atoms with E-state index in [0.29, 0.717) is 11.5 Å². The Bertz CT molecular complexity index is 1090. The second kappa shape index (κ2) is 11.0. The van der Waals surface area contributed by atoms with Gasteiger partial charge >= 0.3 is 5.97 Å². The van der Waals surface area contributed by atoms with E-state index in [0.717, 1.165) is 5.56 Å². The van der Waals surface area contributed by atoms with Gasteiger partial charge in [0.2, 0.25) is 10.0 Å². The maximum atomic E-state index is 12.2. The minimum atomic E-state index is -4.09. The third-order valence-electron chi connectivity index (χ3n) is 4.01. The van der Waals surface area contributed by atoms with Crippen LogP contribution >= 0.6 is 0 Å². The van der Waals surface area contributed by atoms with Crippen LogP contribution in [0.2, 0.25) is 0 Å². The minimum absolute atomic E-state index is 0.0575. The van der Waals surface area contributed by atoms with E-state index in [9.17, 15) is 18.0 Å². The molecule has 0 fully saturated rings. The summed E-state index contributed by atoms with van der Waals surface area (Å²) < 4.78 is 41.6. The van der Waals surface area contributed by atoms with Crippen LogP contribution in [-0.2, 0) is 30.9 Å². The van der Waals surface area contributed by atoms with Gasteiger partial charge in [0.25, 0.3) is 5.91 Å². The van der Waals surface area contributed by atoms with E-state index in [-0.39, 0.29) is 17.0 Å². The molecule has 0 saturated carbocycles. The first-order valence-corrected chi connectivity index (χ1v) is 10.4. The number of esters is 1. The van der Waals surface area contributed by atoms with Gasteiger partial charge in [-0.3, -0.25) is 9.59 Å². The molecule has 0 aliphatic heterocycles. The number of rotatable bonds is 10. The third-order valence-corrected chi connectivity index (χ3v) is 5.46. The molecule has 11 heteroatoms. The molecule has 1 amide bonds. The number of nitrogens with one attached hydrogen (secondary N) is 2. The fourth-order valence-electron chi connectivity index (χ4n) is 2.46. The normalized spacial score (nSPS) is 10.6. The zero-order valence-electron chi connectivity index (χ0n) is 16.9. The Morgan fingerprint density at radius 1 is 1.06 bits per heavy atom. The highest BCUT2D eigenvalue weighted by atomic mass is 32.2. The summed E-state index contributed by atoms with van der Waals surface area (Å²) in [6.07, 6.45) is 0. The van der Waals surface area contributed by atoms with Gasteiger partial charge in [-0.15, -0.1) is 0 Å². The molecule has 0 atom stereocenters. The molecule has 0 aromatic heterocycles. The predicted octanol–water partition coefficient (Wildman–Crippen LogP) is 0.713. The molecule has 10 nitrogen and oxygen atoms in total. The van der Waals surface area contributed by atoms with Crippen molar-refractivity contribution in [3.8, 4) is 17.6 Å². The summed E-state index contributed by atoms with van der Waals surface area (Å²) in [7, 11) is -1.09. The number of carbonyl (C=O) groups excluding carboxylic acids is 2. The Balaban J connectivity index is 1.81. The molecule has 0 spiro atoms. The average molecular weight is 447 g/mol. The molecular weight excluding hydrogens is 426 g/mol. The average Bonchev–Trinajstić information content (AvgIpc) is 2.79.